The summed E-state index contributed by atoms with van der Waals surface area (Å²) in [5.74, 6) is 0. The molecular weight excluding hydrogens is 252 g/mol. The van der Waals surface area contributed by atoms with Crippen LogP contribution in [0.25, 0.3) is 0 Å². The maximum atomic E-state index is 5.65. The summed E-state index contributed by atoms with van der Waals surface area (Å²) in [4.78, 5) is 7.99. The zero-order valence-electron chi connectivity index (χ0n) is 9.81. The van der Waals surface area contributed by atoms with Gasteiger partial charge < -0.3 is 10.5 Å². The number of ether oxygens (including phenoxy) is 1. The van der Waals surface area contributed by atoms with Crippen LogP contribution in [0.5, 0.6) is 0 Å². The Balaban J connectivity index is 1.71. The van der Waals surface area contributed by atoms with Crippen molar-refractivity contribution in [1.82, 2.24) is 4.98 Å². The van der Waals surface area contributed by atoms with Gasteiger partial charge in [0.05, 0.1) is 24.4 Å². The summed E-state index contributed by atoms with van der Waals surface area (Å²) in [6.07, 6.45) is 0.950. The van der Waals surface area contributed by atoms with Crippen LogP contribution in [0.1, 0.15) is 20.3 Å². The van der Waals surface area contributed by atoms with E-state index < -0.39 is 0 Å². The molecule has 0 saturated heterocycles. The summed E-state index contributed by atoms with van der Waals surface area (Å²) < 4.78 is 5.65. The highest BCUT2D eigenvalue weighted by atomic mass is 32.1. The zero-order chi connectivity index (χ0) is 12.1. The molecule has 2 aromatic heterocycles. The molecule has 0 spiro atoms. The van der Waals surface area contributed by atoms with Crippen LogP contribution in [-0.2, 0) is 24.3 Å². The molecule has 0 radical (unpaired) electrons. The Bertz CT molecular complexity index is 465. The zero-order valence-corrected chi connectivity index (χ0v) is 11.4. The molecule has 0 saturated carbocycles. The van der Waals surface area contributed by atoms with E-state index in [0.29, 0.717) is 13.2 Å². The van der Waals surface area contributed by atoms with E-state index in [2.05, 4.69) is 17.1 Å². The number of nitrogens with zero attached hydrogens (tertiary/aromatic N) is 1. The lowest BCUT2D eigenvalue weighted by molar-refractivity contribution is 0.126. The second-order valence-electron chi connectivity index (χ2n) is 3.74. The van der Waals surface area contributed by atoms with Crippen LogP contribution >= 0.6 is 22.7 Å². The predicted octanol–water partition coefficient (Wildman–Crippen LogP) is 2.73. The van der Waals surface area contributed by atoms with Crippen molar-refractivity contribution in [3.8, 4) is 0 Å². The summed E-state index contributed by atoms with van der Waals surface area (Å²) in [5, 5.41) is 0. The SMILES string of the molecule is Cc1ncsc1CCOCc1ccc(CN)s1. The van der Waals surface area contributed by atoms with Crippen LogP contribution in [0.4, 0.5) is 0 Å². The van der Waals surface area contributed by atoms with E-state index in [1.54, 1.807) is 22.7 Å². The number of thiazole rings is 1. The largest absolute Gasteiger partial charge is 0.376 e. The number of hydrogen-bond acceptors (Lipinski definition) is 5. The number of nitrogens with two attached hydrogens (primary N) is 1. The number of thiophene rings is 1. The van der Waals surface area contributed by atoms with Gasteiger partial charge in [0.2, 0.25) is 0 Å². The van der Waals surface area contributed by atoms with Gasteiger partial charge in [-0.1, -0.05) is 0 Å². The smallest absolute Gasteiger partial charge is 0.0809 e. The average molecular weight is 268 g/mol. The van der Waals surface area contributed by atoms with Gasteiger partial charge in [-0.15, -0.1) is 22.7 Å². The van der Waals surface area contributed by atoms with Gasteiger partial charge >= 0.3 is 0 Å². The standard InChI is InChI=1S/C12H16N2OS2/c1-9-12(16-8-14-9)4-5-15-7-11-3-2-10(6-13)17-11/h2-3,8H,4-7,13H2,1H3. The minimum Gasteiger partial charge on any atom is -0.376 e. The van der Waals surface area contributed by atoms with Gasteiger partial charge in [0.25, 0.3) is 0 Å². The van der Waals surface area contributed by atoms with Crippen molar-refractivity contribution in [2.24, 2.45) is 5.73 Å². The Morgan fingerprint density at radius 1 is 1.35 bits per heavy atom. The molecule has 2 heterocycles. The Hall–Kier alpha value is -0.750. The first kappa shape index (κ1) is 12.7. The molecule has 0 amide bonds. The van der Waals surface area contributed by atoms with Crippen LogP contribution in [0.2, 0.25) is 0 Å². The molecule has 0 aliphatic rings. The number of hydrogen-bond donors (Lipinski definition) is 1. The summed E-state index contributed by atoms with van der Waals surface area (Å²) in [6.45, 7) is 4.09. The third-order valence-electron chi connectivity index (χ3n) is 2.48. The molecule has 2 rings (SSSR count). The van der Waals surface area contributed by atoms with Gasteiger partial charge in [-0.05, 0) is 19.1 Å². The molecule has 17 heavy (non-hydrogen) atoms. The highest BCUT2D eigenvalue weighted by Crippen LogP contribution is 2.17. The first-order valence-corrected chi connectivity index (χ1v) is 7.23. The Labute approximate surface area is 109 Å². The highest BCUT2D eigenvalue weighted by molar-refractivity contribution is 7.12. The fourth-order valence-corrected chi connectivity index (χ4v) is 3.11. The lowest BCUT2D eigenvalue weighted by atomic mass is 10.3. The maximum Gasteiger partial charge on any atom is 0.0809 e. The topological polar surface area (TPSA) is 48.1 Å². The lowest BCUT2D eigenvalue weighted by Crippen LogP contribution is -1.97. The minimum absolute atomic E-state index is 0.616. The van der Waals surface area contributed by atoms with Crippen molar-refractivity contribution in [1.29, 1.82) is 0 Å². The molecular formula is C12H16N2OS2. The Morgan fingerprint density at radius 3 is 2.82 bits per heavy atom. The van der Waals surface area contributed by atoms with Crippen molar-refractivity contribution >= 4 is 22.7 Å². The van der Waals surface area contributed by atoms with Crippen LogP contribution in [0.3, 0.4) is 0 Å². The maximum absolute atomic E-state index is 5.65. The molecule has 0 aliphatic heterocycles. The molecule has 2 aromatic rings. The fourth-order valence-electron chi connectivity index (χ4n) is 1.51. The Kier molecular flexibility index (Phi) is 4.67. The fraction of sp³-hybridized carbons (Fsp3) is 0.417. The van der Waals surface area contributed by atoms with Crippen LogP contribution in [-0.4, -0.2) is 11.6 Å². The van der Waals surface area contributed by atoms with Crippen LogP contribution < -0.4 is 5.73 Å². The molecule has 3 nitrogen and oxygen atoms in total. The van der Waals surface area contributed by atoms with Crippen LogP contribution in [0.15, 0.2) is 17.6 Å². The minimum atomic E-state index is 0.616. The number of aryl methyl sites for hydroxylation is 1. The monoisotopic (exact) mass is 268 g/mol. The van der Waals surface area contributed by atoms with Gasteiger partial charge in [-0.3, -0.25) is 0 Å². The third-order valence-corrected chi connectivity index (χ3v) is 4.56. The van der Waals surface area contributed by atoms with Crippen molar-refractivity contribution in [2.45, 2.75) is 26.5 Å². The highest BCUT2D eigenvalue weighted by Gasteiger charge is 2.02. The first-order valence-electron chi connectivity index (χ1n) is 5.54. The second-order valence-corrected chi connectivity index (χ2v) is 5.93. The predicted molar refractivity (Wildman–Crippen MR) is 72.4 cm³/mol. The first-order chi connectivity index (χ1) is 8.29. The van der Waals surface area contributed by atoms with Crippen LogP contribution in [0, 0.1) is 6.92 Å². The summed E-state index contributed by atoms with van der Waals surface area (Å²) in [5.41, 5.74) is 8.57. The normalized spacial score (nSPS) is 10.9. The lowest BCUT2D eigenvalue weighted by Gasteiger charge is -2.01. The van der Waals surface area contributed by atoms with Crippen molar-refractivity contribution in [3.05, 3.63) is 38.0 Å². The summed E-state index contributed by atoms with van der Waals surface area (Å²) >= 11 is 3.42. The van der Waals surface area contributed by atoms with Crippen molar-refractivity contribution in [2.75, 3.05) is 6.61 Å². The number of aromatic nitrogens is 1. The molecule has 0 bridgehead atoms. The van der Waals surface area contributed by atoms with Gasteiger partial charge in [0.15, 0.2) is 0 Å². The Morgan fingerprint density at radius 2 is 2.18 bits per heavy atom. The molecule has 0 unspecified atom stereocenters. The summed E-state index contributed by atoms with van der Waals surface area (Å²) in [6, 6.07) is 4.15. The molecule has 0 aromatic carbocycles. The average Bonchev–Trinajstić information content (AvgIpc) is 2.94. The third kappa shape index (κ3) is 3.61. The van der Waals surface area contributed by atoms with E-state index >= 15 is 0 Å². The second kappa shape index (κ2) is 6.26. The number of rotatable bonds is 6. The molecule has 2 N–H and O–H groups in total. The van der Waals surface area contributed by atoms with Gasteiger partial charge in [0.1, 0.15) is 0 Å². The van der Waals surface area contributed by atoms with E-state index in [9.17, 15) is 0 Å². The molecule has 0 aliphatic carbocycles. The van der Waals surface area contributed by atoms with Crippen molar-refractivity contribution < 1.29 is 4.74 Å². The molecule has 5 heteroatoms. The summed E-state index contributed by atoms with van der Waals surface area (Å²) in [7, 11) is 0. The van der Waals surface area contributed by atoms with E-state index in [1.165, 1.54) is 14.6 Å². The van der Waals surface area contributed by atoms with Crippen molar-refractivity contribution in [3.63, 3.8) is 0 Å². The van der Waals surface area contributed by atoms with E-state index in [1.807, 2.05) is 12.4 Å². The molecule has 92 valence electrons. The van der Waals surface area contributed by atoms with Gasteiger partial charge in [-0.2, -0.15) is 0 Å². The molecule has 0 fully saturated rings. The van der Waals surface area contributed by atoms with Gasteiger partial charge in [-0.25, -0.2) is 4.98 Å². The van der Waals surface area contributed by atoms with E-state index in [0.717, 1.165) is 18.7 Å². The molecule has 0 atom stereocenters. The quantitative estimate of drug-likeness (QED) is 0.819. The van der Waals surface area contributed by atoms with Gasteiger partial charge in [0, 0.05) is 27.6 Å². The van der Waals surface area contributed by atoms with E-state index in [-0.39, 0.29) is 0 Å². The van der Waals surface area contributed by atoms with E-state index in [4.69, 9.17) is 10.5 Å².